The van der Waals surface area contributed by atoms with Crippen molar-refractivity contribution in [3.63, 3.8) is 0 Å². The molecular formula is C13H14FN3O. The van der Waals surface area contributed by atoms with Crippen molar-refractivity contribution >= 4 is 11.6 Å². The highest BCUT2D eigenvalue weighted by Gasteiger charge is 2.16. The van der Waals surface area contributed by atoms with Gasteiger partial charge in [-0.2, -0.15) is 5.10 Å². The molecule has 5 heteroatoms. The van der Waals surface area contributed by atoms with E-state index < -0.39 is 0 Å². The van der Waals surface area contributed by atoms with Crippen LogP contribution in [-0.4, -0.2) is 16.1 Å². The number of halogens is 1. The molecule has 94 valence electrons. The molecule has 0 aliphatic rings. The minimum atomic E-state index is -0.378. The Labute approximate surface area is 104 Å². The number of hydrogen-bond acceptors (Lipinski definition) is 2. The molecule has 1 aromatic carbocycles. The Morgan fingerprint density at radius 1 is 1.33 bits per heavy atom. The van der Waals surface area contributed by atoms with Crippen LogP contribution in [0, 0.1) is 26.6 Å². The van der Waals surface area contributed by atoms with E-state index in [9.17, 15) is 9.18 Å². The number of aromatic amines is 1. The molecule has 1 heterocycles. The summed E-state index contributed by atoms with van der Waals surface area (Å²) < 4.78 is 13.1. The molecule has 0 aliphatic heterocycles. The topological polar surface area (TPSA) is 57.8 Å². The molecule has 0 radical (unpaired) electrons. The molecule has 2 N–H and O–H groups in total. The summed E-state index contributed by atoms with van der Waals surface area (Å²) in [6, 6.07) is 4.29. The van der Waals surface area contributed by atoms with E-state index in [-0.39, 0.29) is 11.7 Å². The van der Waals surface area contributed by atoms with Crippen LogP contribution in [0.2, 0.25) is 0 Å². The Balaban J connectivity index is 2.30. The van der Waals surface area contributed by atoms with Crippen LogP contribution in [0.1, 0.15) is 27.3 Å². The van der Waals surface area contributed by atoms with E-state index >= 15 is 0 Å². The fourth-order valence-electron chi connectivity index (χ4n) is 1.80. The molecule has 2 rings (SSSR count). The first-order chi connectivity index (χ1) is 8.49. The second-order valence-electron chi connectivity index (χ2n) is 4.22. The lowest BCUT2D eigenvalue weighted by atomic mass is 10.1. The minimum absolute atomic E-state index is 0.285. The van der Waals surface area contributed by atoms with E-state index in [0.29, 0.717) is 22.6 Å². The van der Waals surface area contributed by atoms with Crippen molar-refractivity contribution in [2.24, 2.45) is 0 Å². The fraction of sp³-hybridized carbons (Fsp3) is 0.231. The second-order valence-corrected chi connectivity index (χ2v) is 4.22. The number of H-pyrrole nitrogens is 1. The van der Waals surface area contributed by atoms with E-state index in [1.807, 2.05) is 6.92 Å². The quantitative estimate of drug-likeness (QED) is 0.857. The highest BCUT2D eigenvalue weighted by Crippen LogP contribution is 2.18. The maximum absolute atomic E-state index is 13.1. The van der Waals surface area contributed by atoms with Crippen molar-refractivity contribution < 1.29 is 9.18 Å². The maximum Gasteiger partial charge on any atom is 0.259 e. The number of anilines is 1. The summed E-state index contributed by atoms with van der Waals surface area (Å²) in [5.41, 5.74) is 3.10. The minimum Gasteiger partial charge on any atom is -0.322 e. The number of carbonyl (C=O) groups is 1. The third-order valence-corrected chi connectivity index (χ3v) is 2.80. The van der Waals surface area contributed by atoms with Gasteiger partial charge in [0.05, 0.1) is 11.3 Å². The Bertz CT molecular complexity index is 585. The van der Waals surface area contributed by atoms with E-state index in [1.165, 1.54) is 12.1 Å². The molecule has 0 bridgehead atoms. The van der Waals surface area contributed by atoms with Crippen molar-refractivity contribution in [1.82, 2.24) is 10.2 Å². The number of amides is 1. The summed E-state index contributed by atoms with van der Waals surface area (Å²) in [6.07, 6.45) is 0. The molecule has 1 amide bonds. The number of aromatic nitrogens is 2. The zero-order valence-corrected chi connectivity index (χ0v) is 10.5. The summed E-state index contributed by atoms with van der Waals surface area (Å²) in [6.45, 7) is 5.33. The first kappa shape index (κ1) is 12.3. The van der Waals surface area contributed by atoms with Crippen LogP contribution < -0.4 is 5.32 Å². The summed E-state index contributed by atoms with van der Waals surface area (Å²) >= 11 is 0. The first-order valence-electron chi connectivity index (χ1n) is 5.58. The molecule has 0 aliphatic carbocycles. The van der Waals surface area contributed by atoms with Gasteiger partial charge in [-0.05, 0) is 38.5 Å². The van der Waals surface area contributed by atoms with Crippen molar-refractivity contribution in [1.29, 1.82) is 0 Å². The monoisotopic (exact) mass is 247 g/mol. The molecule has 0 atom stereocenters. The number of nitrogens with one attached hydrogen (secondary N) is 2. The Morgan fingerprint density at radius 3 is 2.67 bits per heavy atom. The lowest BCUT2D eigenvalue weighted by Crippen LogP contribution is -2.14. The van der Waals surface area contributed by atoms with Gasteiger partial charge in [0, 0.05) is 11.4 Å². The summed E-state index contributed by atoms with van der Waals surface area (Å²) in [5, 5.41) is 9.40. The predicted molar refractivity (Wildman–Crippen MR) is 67.2 cm³/mol. The molecule has 0 spiro atoms. The fourth-order valence-corrected chi connectivity index (χ4v) is 1.80. The summed E-state index contributed by atoms with van der Waals surface area (Å²) in [5.74, 6) is -0.663. The van der Waals surface area contributed by atoms with E-state index in [0.717, 1.165) is 5.56 Å². The SMILES string of the molecule is Cc1ccc(F)cc1NC(=O)c1c(C)n[nH]c1C. The van der Waals surface area contributed by atoms with Crippen molar-refractivity contribution in [3.05, 3.63) is 46.5 Å². The highest BCUT2D eigenvalue weighted by atomic mass is 19.1. The standard InChI is InChI=1S/C13H14FN3O/c1-7-4-5-10(14)6-11(7)15-13(18)12-8(2)16-17-9(12)3/h4-6H,1-3H3,(H,15,18)(H,16,17). The number of rotatable bonds is 2. The van der Waals surface area contributed by atoms with Gasteiger partial charge in [-0.3, -0.25) is 9.89 Å². The van der Waals surface area contributed by atoms with Crippen LogP contribution in [0.3, 0.4) is 0 Å². The van der Waals surface area contributed by atoms with Gasteiger partial charge in [-0.15, -0.1) is 0 Å². The lowest BCUT2D eigenvalue weighted by molar-refractivity contribution is 0.102. The van der Waals surface area contributed by atoms with Gasteiger partial charge in [0.15, 0.2) is 0 Å². The van der Waals surface area contributed by atoms with Gasteiger partial charge in [-0.25, -0.2) is 4.39 Å². The van der Waals surface area contributed by atoms with Crippen LogP contribution in [0.15, 0.2) is 18.2 Å². The molecule has 0 unspecified atom stereocenters. The zero-order chi connectivity index (χ0) is 13.3. The van der Waals surface area contributed by atoms with Gasteiger partial charge in [0.2, 0.25) is 0 Å². The van der Waals surface area contributed by atoms with E-state index in [1.54, 1.807) is 19.9 Å². The van der Waals surface area contributed by atoms with Gasteiger partial charge in [-0.1, -0.05) is 6.07 Å². The Morgan fingerprint density at radius 2 is 2.06 bits per heavy atom. The van der Waals surface area contributed by atoms with Crippen LogP contribution in [0.5, 0.6) is 0 Å². The van der Waals surface area contributed by atoms with Gasteiger partial charge in [0.25, 0.3) is 5.91 Å². The van der Waals surface area contributed by atoms with Crippen LogP contribution in [0.25, 0.3) is 0 Å². The predicted octanol–water partition coefficient (Wildman–Crippen LogP) is 2.73. The largest absolute Gasteiger partial charge is 0.322 e. The first-order valence-corrected chi connectivity index (χ1v) is 5.58. The highest BCUT2D eigenvalue weighted by molar-refractivity contribution is 6.06. The lowest BCUT2D eigenvalue weighted by Gasteiger charge is -2.08. The summed E-state index contributed by atoms with van der Waals surface area (Å²) in [4.78, 5) is 12.1. The van der Waals surface area contributed by atoms with Crippen LogP contribution in [-0.2, 0) is 0 Å². The third-order valence-electron chi connectivity index (χ3n) is 2.80. The average Bonchev–Trinajstić information content (AvgIpc) is 2.63. The van der Waals surface area contributed by atoms with Crippen molar-refractivity contribution in [2.45, 2.75) is 20.8 Å². The maximum atomic E-state index is 13.1. The summed E-state index contributed by atoms with van der Waals surface area (Å²) in [7, 11) is 0. The van der Waals surface area contributed by atoms with Crippen LogP contribution in [0.4, 0.5) is 10.1 Å². The third kappa shape index (κ3) is 2.25. The number of benzene rings is 1. The van der Waals surface area contributed by atoms with Crippen molar-refractivity contribution in [3.8, 4) is 0 Å². The number of carbonyl (C=O) groups excluding carboxylic acids is 1. The second kappa shape index (κ2) is 4.60. The smallest absolute Gasteiger partial charge is 0.259 e. The Hall–Kier alpha value is -2.17. The van der Waals surface area contributed by atoms with Gasteiger partial charge < -0.3 is 5.32 Å². The molecular weight excluding hydrogens is 233 g/mol. The van der Waals surface area contributed by atoms with Gasteiger partial charge >= 0.3 is 0 Å². The Kier molecular flexibility index (Phi) is 3.14. The average molecular weight is 247 g/mol. The number of hydrogen-bond donors (Lipinski definition) is 2. The number of aryl methyl sites for hydroxylation is 3. The van der Waals surface area contributed by atoms with E-state index in [2.05, 4.69) is 15.5 Å². The van der Waals surface area contributed by atoms with Crippen LogP contribution >= 0.6 is 0 Å². The van der Waals surface area contributed by atoms with E-state index in [4.69, 9.17) is 0 Å². The van der Waals surface area contributed by atoms with Crippen molar-refractivity contribution in [2.75, 3.05) is 5.32 Å². The van der Waals surface area contributed by atoms with Gasteiger partial charge in [0.1, 0.15) is 5.82 Å². The normalized spacial score (nSPS) is 10.4. The molecule has 0 saturated heterocycles. The molecule has 0 fully saturated rings. The molecule has 1 aromatic heterocycles. The molecule has 18 heavy (non-hydrogen) atoms. The molecule has 4 nitrogen and oxygen atoms in total. The number of nitrogens with zero attached hydrogens (tertiary/aromatic N) is 1. The molecule has 0 saturated carbocycles. The molecule has 2 aromatic rings. The zero-order valence-electron chi connectivity index (χ0n) is 10.5.